The molecule has 0 bridgehead atoms. The van der Waals surface area contributed by atoms with Crippen molar-refractivity contribution in [3.63, 3.8) is 0 Å². The van der Waals surface area contributed by atoms with Crippen molar-refractivity contribution in [2.45, 2.75) is 13.5 Å². The van der Waals surface area contributed by atoms with Crippen molar-refractivity contribution >= 4 is 33.6 Å². The molecular formula is C14H12N4O2S. The van der Waals surface area contributed by atoms with Gasteiger partial charge < -0.3 is 5.32 Å². The Bertz CT molecular complexity index is 816. The molecule has 7 heteroatoms. The molecule has 3 rings (SSSR count). The van der Waals surface area contributed by atoms with E-state index in [4.69, 9.17) is 0 Å². The summed E-state index contributed by atoms with van der Waals surface area (Å²) in [6.07, 6.45) is 1.29. The van der Waals surface area contributed by atoms with E-state index in [9.17, 15) is 10.1 Å². The minimum absolute atomic E-state index is 0.0272. The molecule has 1 N–H and O–H groups in total. The molecule has 0 fully saturated rings. The van der Waals surface area contributed by atoms with Gasteiger partial charge in [0.25, 0.3) is 0 Å². The maximum absolute atomic E-state index is 11.2. The minimum Gasteiger partial charge on any atom is -0.373 e. The van der Waals surface area contributed by atoms with Gasteiger partial charge in [0.15, 0.2) is 0 Å². The van der Waals surface area contributed by atoms with Crippen LogP contribution in [0.4, 0.5) is 11.4 Å². The fourth-order valence-corrected chi connectivity index (χ4v) is 2.74. The highest BCUT2D eigenvalue weighted by Gasteiger charge is 2.17. The summed E-state index contributed by atoms with van der Waals surface area (Å²) in [5.74, 6) is 0. The van der Waals surface area contributed by atoms with Crippen molar-refractivity contribution < 1.29 is 4.92 Å². The van der Waals surface area contributed by atoms with Crippen LogP contribution in [0.3, 0.4) is 0 Å². The highest BCUT2D eigenvalue weighted by atomic mass is 32.1. The van der Waals surface area contributed by atoms with E-state index in [1.807, 2.05) is 36.6 Å². The number of benzene rings is 1. The van der Waals surface area contributed by atoms with E-state index >= 15 is 0 Å². The van der Waals surface area contributed by atoms with Gasteiger partial charge in [0.1, 0.15) is 11.9 Å². The topological polar surface area (TPSA) is 81.0 Å². The molecule has 21 heavy (non-hydrogen) atoms. The van der Waals surface area contributed by atoms with Gasteiger partial charge in [-0.2, -0.15) is 0 Å². The average molecular weight is 300 g/mol. The van der Waals surface area contributed by atoms with Crippen molar-refractivity contribution in [1.29, 1.82) is 0 Å². The van der Waals surface area contributed by atoms with Crippen LogP contribution in [0.25, 0.3) is 10.9 Å². The average Bonchev–Trinajstić information content (AvgIpc) is 2.90. The molecule has 0 unspecified atom stereocenters. The third-order valence-corrected chi connectivity index (χ3v) is 3.89. The number of rotatable bonds is 4. The van der Waals surface area contributed by atoms with Crippen molar-refractivity contribution in [1.82, 2.24) is 9.97 Å². The molecule has 0 aliphatic heterocycles. The second kappa shape index (κ2) is 5.45. The first-order valence-electron chi connectivity index (χ1n) is 6.32. The zero-order chi connectivity index (χ0) is 14.8. The normalized spacial score (nSPS) is 10.7. The lowest BCUT2D eigenvalue weighted by Crippen LogP contribution is -2.04. The van der Waals surface area contributed by atoms with Gasteiger partial charge in [0.05, 0.1) is 27.7 Å². The predicted molar refractivity (Wildman–Crippen MR) is 82.6 cm³/mol. The number of nitrogens with one attached hydrogen (secondary N) is 1. The predicted octanol–water partition coefficient (Wildman–Crippen LogP) is 3.52. The Kier molecular flexibility index (Phi) is 3.49. The molecule has 0 atom stereocenters. The van der Waals surface area contributed by atoms with Crippen molar-refractivity contribution in [3.8, 4) is 0 Å². The third-order valence-electron chi connectivity index (χ3n) is 3.07. The molecule has 0 spiro atoms. The van der Waals surface area contributed by atoms with Gasteiger partial charge in [-0.15, -0.1) is 11.3 Å². The van der Waals surface area contributed by atoms with Gasteiger partial charge in [-0.25, -0.2) is 9.97 Å². The number of nitro groups is 1. The highest BCUT2D eigenvalue weighted by molar-refractivity contribution is 7.09. The Morgan fingerprint density at radius 2 is 2.19 bits per heavy atom. The van der Waals surface area contributed by atoms with Gasteiger partial charge in [0, 0.05) is 10.8 Å². The first-order chi connectivity index (χ1) is 10.1. The van der Waals surface area contributed by atoms with Crippen molar-refractivity contribution in [2.24, 2.45) is 0 Å². The smallest absolute Gasteiger partial charge is 0.311 e. The zero-order valence-corrected chi connectivity index (χ0v) is 12.1. The fourth-order valence-electron chi connectivity index (χ4n) is 2.12. The van der Waals surface area contributed by atoms with Crippen LogP contribution < -0.4 is 5.32 Å². The van der Waals surface area contributed by atoms with Crippen LogP contribution in [0, 0.1) is 17.0 Å². The molecule has 0 amide bonds. The third kappa shape index (κ3) is 2.68. The van der Waals surface area contributed by atoms with Gasteiger partial charge in [-0.05, 0) is 13.0 Å². The number of nitrogens with zero attached hydrogens (tertiary/aromatic N) is 3. The van der Waals surface area contributed by atoms with Gasteiger partial charge in [-0.1, -0.05) is 18.2 Å². The summed E-state index contributed by atoms with van der Waals surface area (Å²) in [6, 6.07) is 7.35. The van der Waals surface area contributed by atoms with E-state index in [0.29, 0.717) is 12.2 Å². The largest absolute Gasteiger partial charge is 0.373 e. The van der Waals surface area contributed by atoms with E-state index in [1.165, 1.54) is 6.20 Å². The minimum atomic E-state index is -0.423. The van der Waals surface area contributed by atoms with E-state index in [2.05, 4.69) is 15.3 Å². The van der Waals surface area contributed by atoms with Crippen LogP contribution in [0.2, 0.25) is 0 Å². The molecule has 0 saturated carbocycles. The zero-order valence-electron chi connectivity index (χ0n) is 11.2. The standard InChI is InChI=1S/C14H12N4O2S/c1-9-17-10(8-21-9)6-16-14-11-4-2-3-5-12(11)15-7-13(14)18(19)20/h2-5,7-8H,6H2,1H3,(H,15,16). The molecule has 0 saturated heterocycles. The van der Waals surface area contributed by atoms with Crippen LogP contribution in [0.5, 0.6) is 0 Å². The van der Waals surface area contributed by atoms with E-state index < -0.39 is 4.92 Å². The number of pyridine rings is 1. The Morgan fingerprint density at radius 1 is 1.38 bits per heavy atom. The number of para-hydroxylation sites is 1. The van der Waals surface area contributed by atoms with Crippen molar-refractivity contribution in [3.05, 3.63) is 56.7 Å². The van der Waals surface area contributed by atoms with Crippen LogP contribution >= 0.6 is 11.3 Å². The number of aryl methyl sites for hydroxylation is 1. The lowest BCUT2D eigenvalue weighted by Gasteiger charge is -2.08. The first kappa shape index (κ1) is 13.4. The Morgan fingerprint density at radius 3 is 2.90 bits per heavy atom. The monoisotopic (exact) mass is 300 g/mol. The number of hydrogen-bond donors (Lipinski definition) is 1. The summed E-state index contributed by atoms with van der Waals surface area (Å²) < 4.78 is 0. The second-order valence-electron chi connectivity index (χ2n) is 4.50. The van der Waals surface area contributed by atoms with Crippen LogP contribution in [0.15, 0.2) is 35.8 Å². The number of anilines is 1. The highest BCUT2D eigenvalue weighted by Crippen LogP contribution is 2.31. The van der Waals surface area contributed by atoms with Gasteiger partial charge in [-0.3, -0.25) is 10.1 Å². The maximum atomic E-state index is 11.2. The molecule has 1 aromatic carbocycles. The van der Waals surface area contributed by atoms with Crippen LogP contribution in [-0.4, -0.2) is 14.9 Å². The molecule has 3 aromatic rings. The van der Waals surface area contributed by atoms with E-state index in [0.717, 1.165) is 21.6 Å². The SMILES string of the molecule is Cc1nc(CNc2c([N+](=O)[O-])cnc3ccccc23)cs1. The fraction of sp³-hybridized carbons (Fsp3) is 0.143. The molecule has 106 valence electrons. The molecule has 0 aliphatic rings. The summed E-state index contributed by atoms with van der Waals surface area (Å²) in [5.41, 5.74) is 2.05. The Labute approximate surface area is 124 Å². The quantitative estimate of drug-likeness (QED) is 0.589. The Hall–Kier alpha value is -2.54. The number of fused-ring (bicyclic) bond motifs is 1. The molecule has 0 radical (unpaired) electrons. The molecule has 0 aliphatic carbocycles. The maximum Gasteiger partial charge on any atom is 0.311 e. The summed E-state index contributed by atoms with van der Waals surface area (Å²) in [4.78, 5) is 19.2. The molecule has 6 nitrogen and oxygen atoms in total. The van der Waals surface area contributed by atoms with Gasteiger partial charge >= 0.3 is 5.69 Å². The van der Waals surface area contributed by atoms with Crippen LogP contribution in [0.1, 0.15) is 10.7 Å². The van der Waals surface area contributed by atoms with E-state index in [-0.39, 0.29) is 5.69 Å². The van der Waals surface area contributed by atoms with Crippen LogP contribution in [-0.2, 0) is 6.54 Å². The number of hydrogen-bond acceptors (Lipinski definition) is 6. The van der Waals surface area contributed by atoms with Crippen molar-refractivity contribution in [2.75, 3.05) is 5.32 Å². The lowest BCUT2D eigenvalue weighted by molar-refractivity contribution is -0.384. The van der Waals surface area contributed by atoms with Gasteiger partial charge in [0.2, 0.25) is 0 Å². The summed E-state index contributed by atoms with van der Waals surface area (Å²) >= 11 is 1.56. The summed E-state index contributed by atoms with van der Waals surface area (Å²) in [7, 11) is 0. The van der Waals surface area contributed by atoms with E-state index in [1.54, 1.807) is 11.3 Å². The molecule has 2 heterocycles. The molecular weight excluding hydrogens is 288 g/mol. The lowest BCUT2D eigenvalue weighted by atomic mass is 10.1. The number of thiazole rings is 1. The Balaban J connectivity index is 2.01. The molecule has 2 aromatic heterocycles. The summed E-state index contributed by atoms with van der Waals surface area (Å²) in [5, 5.41) is 18.0. The second-order valence-corrected chi connectivity index (χ2v) is 5.57. The summed E-state index contributed by atoms with van der Waals surface area (Å²) in [6.45, 7) is 2.37. The first-order valence-corrected chi connectivity index (χ1v) is 7.20. The number of aromatic nitrogens is 2.